The van der Waals surface area contributed by atoms with Gasteiger partial charge in [0, 0.05) is 12.6 Å². The topological polar surface area (TPSA) is 73.1 Å². The Morgan fingerprint density at radius 2 is 2.11 bits per heavy atom. The lowest BCUT2D eigenvalue weighted by Gasteiger charge is -2.09. The number of ether oxygens (including phenoxy) is 1. The van der Waals surface area contributed by atoms with Crippen molar-refractivity contribution in [3.05, 3.63) is 34.8 Å². The summed E-state index contributed by atoms with van der Waals surface area (Å²) in [5.41, 5.74) is 5.67. The molecule has 2 rings (SSSR count). The predicted molar refractivity (Wildman–Crippen MR) is 79.4 cm³/mol. The molecule has 3 N–H and O–H groups in total. The van der Waals surface area contributed by atoms with E-state index in [0.29, 0.717) is 17.4 Å². The van der Waals surface area contributed by atoms with E-state index in [1.165, 1.54) is 0 Å². The second-order valence-electron chi connectivity index (χ2n) is 3.91. The molecule has 0 radical (unpaired) electrons. The number of benzene rings is 1. The van der Waals surface area contributed by atoms with E-state index >= 15 is 0 Å². The van der Waals surface area contributed by atoms with Crippen molar-refractivity contribution in [1.29, 1.82) is 0 Å². The lowest BCUT2D eigenvalue weighted by atomic mass is 10.3. The molecule has 0 amide bonds. The lowest BCUT2D eigenvalue weighted by Crippen LogP contribution is -2.05. The Morgan fingerprint density at radius 1 is 1.32 bits per heavy atom. The summed E-state index contributed by atoms with van der Waals surface area (Å²) in [5.74, 6) is 1.94. The van der Waals surface area contributed by atoms with Crippen molar-refractivity contribution in [2.24, 2.45) is 0 Å². The van der Waals surface area contributed by atoms with Gasteiger partial charge in [0.1, 0.15) is 11.6 Å². The second kappa shape index (κ2) is 6.38. The van der Waals surface area contributed by atoms with Gasteiger partial charge in [0.15, 0.2) is 0 Å². The number of nitrogen functional groups attached to an aromatic ring is 1. The summed E-state index contributed by atoms with van der Waals surface area (Å²) in [5, 5.41) is 3.15. The zero-order valence-corrected chi connectivity index (χ0v) is 12.1. The summed E-state index contributed by atoms with van der Waals surface area (Å²) in [4.78, 5) is 8.16. The van der Waals surface area contributed by atoms with Crippen LogP contribution in [0.4, 0.5) is 11.8 Å². The Hall–Kier alpha value is -1.82. The maximum atomic E-state index is 5.69. The van der Waals surface area contributed by atoms with Crippen molar-refractivity contribution in [3.63, 3.8) is 0 Å². The van der Waals surface area contributed by atoms with E-state index in [0.717, 1.165) is 17.4 Å². The van der Waals surface area contributed by atoms with Crippen LogP contribution >= 0.6 is 15.9 Å². The molecule has 19 heavy (non-hydrogen) atoms. The molecule has 5 nitrogen and oxygen atoms in total. The quantitative estimate of drug-likeness (QED) is 0.882. The molecule has 6 heteroatoms. The Bertz CT molecular complexity index is 562. The van der Waals surface area contributed by atoms with Crippen LogP contribution in [0.3, 0.4) is 0 Å². The normalized spacial score (nSPS) is 10.2. The van der Waals surface area contributed by atoms with Gasteiger partial charge in [-0.2, -0.15) is 9.97 Å². The van der Waals surface area contributed by atoms with Gasteiger partial charge in [-0.1, -0.05) is 19.1 Å². The van der Waals surface area contributed by atoms with Crippen LogP contribution in [0.25, 0.3) is 0 Å². The van der Waals surface area contributed by atoms with Crippen LogP contribution in [-0.2, 0) is 0 Å². The molecule has 0 aliphatic carbocycles. The summed E-state index contributed by atoms with van der Waals surface area (Å²) < 4.78 is 6.55. The predicted octanol–water partition coefficient (Wildman–Crippen LogP) is 3.44. The first-order valence-electron chi connectivity index (χ1n) is 6.00. The molecule has 0 unspecified atom stereocenters. The van der Waals surface area contributed by atoms with E-state index in [-0.39, 0.29) is 5.95 Å². The summed E-state index contributed by atoms with van der Waals surface area (Å²) >= 11 is 3.42. The smallest absolute Gasteiger partial charge is 0.226 e. The minimum atomic E-state index is 0.183. The molecule has 0 saturated carbocycles. The van der Waals surface area contributed by atoms with Gasteiger partial charge in [0.05, 0.1) is 4.47 Å². The third-order valence-electron chi connectivity index (χ3n) is 2.33. The molecule has 1 aromatic heterocycles. The third-order valence-corrected chi connectivity index (χ3v) is 2.98. The first kappa shape index (κ1) is 13.6. The van der Waals surface area contributed by atoms with Crippen LogP contribution in [0.2, 0.25) is 0 Å². The fourth-order valence-electron chi connectivity index (χ4n) is 1.48. The number of para-hydroxylation sites is 1. The molecule has 0 spiro atoms. The number of hydrogen-bond acceptors (Lipinski definition) is 5. The molecule has 1 heterocycles. The fourth-order valence-corrected chi connectivity index (χ4v) is 1.84. The van der Waals surface area contributed by atoms with Crippen molar-refractivity contribution >= 4 is 27.7 Å². The van der Waals surface area contributed by atoms with E-state index in [2.05, 4.69) is 38.1 Å². The standard InChI is InChI=1S/C13H15BrN4O/c1-2-7-16-11-8-12(18-13(15)17-11)19-10-6-4-3-5-9(10)14/h3-6,8H,2,7H2,1H3,(H3,15,16,17,18). The number of nitrogens with zero attached hydrogens (tertiary/aromatic N) is 2. The summed E-state index contributed by atoms with van der Waals surface area (Å²) in [6.45, 7) is 2.90. The van der Waals surface area contributed by atoms with Gasteiger partial charge >= 0.3 is 0 Å². The van der Waals surface area contributed by atoms with Gasteiger partial charge in [0.2, 0.25) is 11.8 Å². The fraction of sp³-hybridized carbons (Fsp3) is 0.231. The van der Waals surface area contributed by atoms with Gasteiger partial charge in [-0.25, -0.2) is 0 Å². The van der Waals surface area contributed by atoms with Crippen LogP contribution in [0.1, 0.15) is 13.3 Å². The number of rotatable bonds is 5. The first-order chi connectivity index (χ1) is 9.19. The Kier molecular flexibility index (Phi) is 4.57. The summed E-state index contributed by atoms with van der Waals surface area (Å²) in [7, 11) is 0. The number of nitrogens with one attached hydrogen (secondary N) is 1. The van der Waals surface area contributed by atoms with E-state index in [1.807, 2.05) is 24.3 Å². The number of anilines is 2. The largest absolute Gasteiger partial charge is 0.438 e. The van der Waals surface area contributed by atoms with E-state index in [9.17, 15) is 0 Å². The number of nitrogens with two attached hydrogens (primary N) is 1. The van der Waals surface area contributed by atoms with Crippen molar-refractivity contribution < 1.29 is 4.74 Å². The Morgan fingerprint density at radius 3 is 2.84 bits per heavy atom. The molecule has 0 aliphatic rings. The minimum Gasteiger partial charge on any atom is -0.438 e. The number of aromatic nitrogens is 2. The van der Waals surface area contributed by atoms with Crippen molar-refractivity contribution in [1.82, 2.24) is 9.97 Å². The zero-order chi connectivity index (χ0) is 13.7. The van der Waals surface area contributed by atoms with Crippen molar-refractivity contribution in [2.75, 3.05) is 17.6 Å². The highest BCUT2D eigenvalue weighted by molar-refractivity contribution is 9.10. The molecule has 100 valence electrons. The van der Waals surface area contributed by atoms with Gasteiger partial charge < -0.3 is 15.8 Å². The molecule has 2 aromatic rings. The maximum Gasteiger partial charge on any atom is 0.226 e. The molecule has 0 saturated heterocycles. The Balaban J connectivity index is 2.20. The average Bonchev–Trinajstić information content (AvgIpc) is 2.38. The molecule has 1 aromatic carbocycles. The number of hydrogen-bond donors (Lipinski definition) is 2. The molecular formula is C13H15BrN4O. The SMILES string of the molecule is CCCNc1cc(Oc2ccccc2Br)nc(N)n1. The third kappa shape index (κ3) is 3.82. The van der Waals surface area contributed by atoms with E-state index < -0.39 is 0 Å². The zero-order valence-electron chi connectivity index (χ0n) is 10.6. The molecule has 0 fully saturated rings. The van der Waals surface area contributed by atoms with Crippen LogP contribution in [0.5, 0.6) is 11.6 Å². The lowest BCUT2D eigenvalue weighted by molar-refractivity contribution is 0.460. The van der Waals surface area contributed by atoms with Crippen LogP contribution in [0.15, 0.2) is 34.8 Å². The Labute approximate surface area is 120 Å². The monoisotopic (exact) mass is 322 g/mol. The van der Waals surface area contributed by atoms with E-state index in [1.54, 1.807) is 6.07 Å². The summed E-state index contributed by atoms with van der Waals surface area (Å²) in [6, 6.07) is 9.28. The highest BCUT2D eigenvalue weighted by Gasteiger charge is 2.06. The highest BCUT2D eigenvalue weighted by atomic mass is 79.9. The van der Waals surface area contributed by atoms with Crippen LogP contribution < -0.4 is 15.8 Å². The van der Waals surface area contributed by atoms with Crippen LogP contribution in [0, 0.1) is 0 Å². The van der Waals surface area contributed by atoms with Crippen LogP contribution in [-0.4, -0.2) is 16.5 Å². The highest BCUT2D eigenvalue weighted by Crippen LogP contribution is 2.29. The van der Waals surface area contributed by atoms with Gasteiger partial charge in [0.25, 0.3) is 0 Å². The maximum absolute atomic E-state index is 5.69. The van der Waals surface area contributed by atoms with Gasteiger partial charge in [-0.05, 0) is 34.5 Å². The van der Waals surface area contributed by atoms with Gasteiger partial charge in [-0.15, -0.1) is 0 Å². The second-order valence-corrected chi connectivity index (χ2v) is 4.76. The van der Waals surface area contributed by atoms with Crippen molar-refractivity contribution in [3.8, 4) is 11.6 Å². The van der Waals surface area contributed by atoms with Crippen molar-refractivity contribution in [2.45, 2.75) is 13.3 Å². The summed E-state index contributed by atoms with van der Waals surface area (Å²) in [6.07, 6.45) is 1.00. The molecule has 0 aliphatic heterocycles. The molecular weight excluding hydrogens is 308 g/mol. The average molecular weight is 323 g/mol. The minimum absolute atomic E-state index is 0.183. The molecule has 0 bridgehead atoms. The first-order valence-corrected chi connectivity index (χ1v) is 6.79. The van der Waals surface area contributed by atoms with E-state index in [4.69, 9.17) is 10.5 Å². The number of halogens is 1. The molecule has 0 atom stereocenters. The van der Waals surface area contributed by atoms with Gasteiger partial charge in [-0.3, -0.25) is 0 Å².